The lowest BCUT2D eigenvalue weighted by Crippen LogP contribution is -2.52. The lowest BCUT2D eigenvalue weighted by atomic mass is 10.2. The standard InChI is InChI=1S/C15H10ClF4NO6/c1-13(2)26-11(22)6(12(23)27-13)5-21-8-4-10-9(3-7(8)16)24-14(17,18)15(19,20)25-10/h3-5,21H,1-2H3. The Kier molecular flexibility index (Phi) is 4.18. The lowest BCUT2D eigenvalue weighted by molar-refractivity contribution is -0.391. The third kappa shape index (κ3) is 3.46. The van der Waals surface area contributed by atoms with E-state index in [9.17, 15) is 27.2 Å². The number of hydrogen-bond donors (Lipinski definition) is 1. The zero-order valence-electron chi connectivity index (χ0n) is 13.6. The van der Waals surface area contributed by atoms with E-state index in [-0.39, 0.29) is 10.7 Å². The molecule has 0 atom stereocenters. The van der Waals surface area contributed by atoms with Crippen molar-refractivity contribution in [1.82, 2.24) is 0 Å². The molecule has 0 radical (unpaired) electrons. The van der Waals surface area contributed by atoms with Crippen LogP contribution in [0.2, 0.25) is 5.02 Å². The van der Waals surface area contributed by atoms with Gasteiger partial charge < -0.3 is 24.3 Å². The molecule has 1 N–H and O–H groups in total. The molecule has 0 unspecified atom stereocenters. The molecule has 0 spiro atoms. The van der Waals surface area contributed by atoms with Crippen molar-refractivity contribution in [3.05, 3.63) is 28.9 Å². The molecule has 1 aromatic carbocycles. The van der Waals surface area contributed by atoms with Crippen LogP contribution < -0.4 is 14.8 Å². The van der Waals surface area contributed by atoms with Crippen LogP contribution in [0, 0.1) is 0 Å². The largest absolute Gasteiger partial charge is 0.507 e. The van der Waals surface area contributed by atoms with Crippen molar-refractivity contribution >= 4 is 29.2 Å². The van der Waals surface area contributed by atoms with Crippen LogP contribution in [-0.4, -0.2) is 29.9 Å². The fourth-order valence-corrected chi connectivity index (χ4v) is 2.34. The number of carbonyl (C=O) groups excluding carboxylic acids is 2. The molecule has 0 saturated carbocycles. The topological polar surface area (TPSA) is 83.1 Å². The molecule has 0 amide bonds. The molecule has 0 aromatic heterocycles. The van der Waals surface area contributed by atoms with Gasteiger partial charge in [0.2, 0.25) is 0 Å². The minimum Gasteiger partial charge on any atom is -0.421 e. The smallest absolute Gasteiger partial charge is 0.421 e. The van der Waals surface area contributed by atoms with Crippen LogP contribution in [0.5, 0.6) is 11.5 Å². The first-order chi connectivity index (χ1) is 12.3. The summed E-state index contributed by atoms with van der Waals surface area (Å²) in [6.07, 6.45) is -8.93. The van der Waals surface area contributed by atoms with Gasteiger partial charge in [-0.3, -0.25) is 0 Å². The van der Waals surface area contributed by atoms with Crippen molar-refractivity contribution in [2.24, 2.45) is 0 Å². The van der Waals surface area contributed by atoms with E-state index in [4.69, 9.17) is 21.1 Å². The highest BCUT2D eigenvalue weighted by molar-refractivity contribution is 6.33. The van der Waals surface area contributed by atoms with E-state index in [0.717, 1.165) is 18.3 Å². The van der Waals surface area contributed by atoms with Gasteiger partial charge in [0, 0.05) is 32.2 Å². The molecular weight excluding hydrogens is 402 g/mol. The van der Waals surface area contributed by atoms with Crippen molar-refractivity contribution in [2.45, 2.75) is 31.9 Å². The van der Waals surface area contributed by atoms with Crippen LogP contribution in [0.1, 0.15) is 13.8 Å². The van der Waals surface area contributed by atoms with Gasteiger partial charge in [-0.05, 0) is 0 Å². The number of carbonyl (C=O) groups is 2. The highest BCUT2D eigenvalue weighted by atomic mass is 35.5. The number of nitrogens with one attached hydrogen (secondary N) is 1. The Morgan fingerprint density at radius 1 is 0.926 bits per heavy atom. The van der Waals surface area contributed by atoms with Gasteiger partial charge in [0.1, 0.15) is 0 Å². The summed E-state index contributed by atoms with van der Waals surface area (Å²) in [7, 11) is 0. The van der Waals surface area contributed by atoms with Crippen molar-refractivity contribution < 1.29 is 46.1 Å². The van der Waals surface area contributed by atoms with Gasteiger partial charge in [-0.15, -0.1) is 0 Å². The summed E-state index contributed by atoms with van der Waals surface area (Å²) < 4.78 is 70.5. The van der Waals surface area contributed by atoms with E-state index in [2.05, 4.69) is 14.8 Å². The molecule has 1 saturated heterocycles. The van der Waals surface area contributed by atoms with E-state index >= 15 is 0 Å². The summed E-state index contributed by atoms with van der Waals surface area (Å²) >= 11 is 5.87. The normalized spacial score (nSPS) is 21.8. The maximum Gasteiger partial charge on any atom is 0.507 e. The lowest BCUT2D eigenvalue weighted by Gasteiger charge is -2.32. The number of fused-ring (bicyclic) bond motifs is 1. The molecule has 27 heavy (non-hydrogen) atoms. The average molecular weight is 412 g/mol. The maximum absolute atomic E-state index is 13.3. The quantitative estimate of drug-likeness (QED) is 0.345. The van der Waals surface area contributed by atoms with Gasteiger partial charge in [-0.1, -0.05) is 11.6 Å². The Hall–Kier alpha value is -2.69. The molecule has 0 bridgehead atoms. The second-order valence-corrected chi connectivity index (χ2v) is 6.30. The summed E-state index contributed by atoms with van der Waals surface area (Å²) in [5.41, 5.74) is -0.671. The minimum atomic E-state index is -4.91. The molecule has 146 valence electrons. The first-order valence-electron chi connectivity index (χ1n) is 7.22. The second kappa shape index (κ2) is 5.91. The Morgan fingerprint density at radius 3 is 1.93 bits per heavy atom. The monoisotopic (exact) mass is 411 g/mol. The summed E-state index contributed by atoms with van der Waals surface area (Å²) in [4.78, 5) is 23.6. The van der Waals surface area contributed by atoms with Crippen molar-refractivity contribution in [3.63, 3.8) is 0 Å². The van der Waals surface area contributed by atoms with Crippen LogP contribution in [0.25, 0.3) is 0 Å². The SMILES string of the molecule is CC1(C)OC(=O)C(=CNc2cc3c(cc2Cl)OC(F)(F)C(F)(F)O3)C(=O)O1. The molecule has 1 aromatic rings. The summed E-state index contributed by atoms with van der Waals surface area (Å²) in [6.45, 7) is 2.70. The Balaban J connectivity index is 1.88. The molecule has 1 fully saturated rings. The van der Waals surface area contributed by atoms with E-state index in [1.54, 1.807) is 0 Å². The van der Waals surface area contributed by atoms with Crippen LogP contribution >= 0.6 is 11.6 Å². The molecule has 2 heterocycles. The van der Waals surface area contributed by atoms with Crippen LogP contribution in [0.3, 0.4) is 0 Å². The van der Waals surface area contributed by atoms with Crippen molar-refractivity contribution in [2.75, 3.05) is 5.32 Å². The number of esters is 2. The molecular formula is C15H10ClF4NO6. The predicted octanol–water partition coefficient (Wildman–Crippen LogP) is 3.43. The number of ether oxygens (including phenoxy) is 4. The summed E-state index contributed by atoms with van der Waals surface area (Å²) in [5, 5.41) is 2.16. The number of cyclic esters (lactones) is 2. The van der Waals surface area contributed by atoms with Gasteiger partial charge in [0.15, 0.2) is 17.1 Å². The first-order valence-corrected chi connectivity index (χ1v) is 7.60. The number of alkyl halides is 4. The van der Waals surface area contributed by atoms with Crippen LogP contribution in [0.4, 0.5) is 23.2 Å². The van der Waals surface area contributed by atoms with Crippen LogP contribution in [0.15, 0.2) is 23.9 Å². The van der Waals surface area contributed by atoms with Crippen molar-refractivity contribution in [3.8, 4) is 11.5 Å². The van der Waals surface area contributed by atoms with Gasteiger partial charge in [0.05, 0.1) is 10.7 Å². The highest BCUT2D eigenvalue weighted by Crippen LogP contribution is 2.49. The molecule has 2 aliphatic rings. The predicted molar refractivity (Wildman–Crippen MR) is 80.6 cm³/mol. The Morgan fingerprint density at radius 2 is 1.41 bits per heavy atom. The summed E-state index contributed by atoms with van der Waals surface area (Å²) in [5.74, 6) is -4.89. The number of rotatable bonds is 2. The fraction of sp³-hybridized carbons (Fsp3) is 0.333. The number of hydrogen-bond acceptors (Lipinski definition) is 7. The maximum atomic E-state index is 13.3. The number of anilines is 1. The molecule has 0 aliphatic carbocycles. The summed E-state index contributed by atoms with van der Waals surface area (Å²) in [6, 6.07) is 1.64. The van der Waals surface area contributed by atoms with Crippen molar-refractivity contribution in [1.29, 1.82) is 0 Å². The fourth-order valence-electron chi connectivity index (χ4n) is 2.13. The molecule has 12 heteroatoms. The Labute approximate surface area is 153 Å². The Bertz CT molecular complexity index is 848. The van der Waals surface area contributed by atoms with Gasteiger partial charge in [-0.25, -0.2) is 9.59 Å². The third-order valence-electron chi connectivity index (χ3n) is 3.34. The van der Waals surface area contributed by atoms with E-state index < -0.39 is 47.0 Å². The number of benzene rings is 1. The first kappa shape index (κ1) is 19.1. The second-order valence-electron chi connectivity index (χ2n) is 5.90. The van der Waals surface area contributed by atoms with E-state index in [1.807, 2.05) is 0 Å². The third-order valence-corrected chi connectivity index (χ3v) is 3.65. The zero-order valence-corrected chi connectivity index (χ0v) is 14.3. The molecule has 7 nitrogen and oxygen atoms in total. The average Bonchev–Trinajstić information content (AvgIpc) is 2.47. The van der Waals surface area contributed by atoms with E-state index in [1.165, 1.54) is 13.8 Å². The van der Waals surface area contributed by atoms with Crippen LogP contribution in [-0.2, 0) is 19.1 Å². The number of halogens is 5. The minimum absolute atomic E-state index is 0.141. The molecule has 2 aliphatic heterocycles. The van der Waals surface area contributed by atoms with Gasteiger partial charge in [-0.2, -0.15) is 17.6 Å². The van der Waals surface area contributed by atoms with E-state index in [0.29, 0.717) is 0 Å². The highest BCUT2D eigenvalue weighted by Gasteiger charge is 2.66. The van der Waals surface area contributed by atoms with Gasteiger partial charge >= 0.3 is 24.2 Å². The molecule has 3 rings (SSSR count). The van der Waals surface area contributed by atoms with Gasteiger partial charge in [0.25, 0.3) is 5.79 Å². The zero-order chi connectivity index (χ0) is 20.2.